The van der Waals surface area contributed by atoms with Gasteiger partial charge in [-0.3, -0.25) is 9.48 Å². The van der Waals surface area contributed by atoms with E-state index in [0.717, 1.165) is 39.3 Å². The Labute approximate surface area is 184 Å². The first-order valence-electron chi connectivity index (χ1n) is 10.6. The highest BCUT2D eigenvalue weighted by molar-refractivity contribution is 5.84. The lowest BCUT2D eigenvalue weighted by Gasteiger charge is -2.25. The summed E-state index contributed by atoms with van der Waals surface area (Å²) in [6.45, 7) is 6.65. The molecule has 0 aliphatic carbocycles. The molecule has 0 saturated carbocycles. The summed E-state index contributed by atoms with van der Waals surface area (Å²) in [5.41, 5.74) is 6.24. The molecule has 0 fully saturated rings. The molecule has 0 radical (unpaired) electrons. The zero-order valence-corrected chi connectivity index (χ0v) is 19.6. The molecular formula is C24H33N5O2. The molecule has 2 heterocycles. The van der Waals surface area contributed by atoms with Gasteiger partial charge in [0.2, 0.25) is 5.91 Å². The largest absolute Gasteiger partial charge is 0.497 e. The lowest BCUT2D eigenvalue weighted by atomic mass is 9.99. The van der Waals surface area contributed by atoms with Crippen LogP contribution in [0, 0.1) is 20.8 Å². The van der Waals surface area contributed by atoms with Crippen LogP contribution < -0.4 is 10.1 Å². The first-order valence-corrected chi connectivity index (χ1v) is 10.6. The SMILES string of the molecule is COc1cccc(C(CNC(=O)CCc2c(C)nc3c(c(C)nn3C)c2C)N(C)C)c1. The fraction of sp³-hybridized carbons (Fsp3) is 0.458. The van der Waals surface area contributed by atoms with Gasteiger partial charge in [-0.05, 0) is 70.1 Å². The van der Waals surface area contributed by atoms with Gasteiger partial charge in [-0.1, -0.05) is 12.1 Å². The van der Waals surface area contributed by atoms with Crippen LogP contribution in [-0.4, -0.2) is 53.3 Å². The van der Waals surface area contributed by atoms with Gasteiger partial charge in [0.05, 0.1) is 18.8 Å². The molecule has 31 heavy (non-hydrogen) atoms. The normalized spacial score (nSPS) is 12.4. The number of aryl methyl sites for hydroxylation is 4. The lowest BCUT2D eigenvalue weighted by Crippen LogP contribution is -2.34. The smallest absolute Gasteiger partial charge is 0.220 e. The number of pyridine rings is 1. The predicted octanol–water partition coefficient (Wildman–Crippen LogP) is 3.25. The van der Waals surface area contributed by atoms with Crippen LogP contribution in [-0.2, 0) is 18.3 Å². The summed E-state index contributed by atoms with van der Waals surface area (Å²) in [7, 11) is 7.60. The number of nitrogens with zero attached hydrogens (tertiary/aromatic N) is 4. The molecule has 2 aromatic heterocycles. The summed E-state index contributed by atoms with van der Waals surface area (Å²) >= 11 is 0. The van der Waals surface area contributed by atoms with E-state index in [9.17, 15) is 4.79 Å². The van der Waals surface area contributed by atoms with Gasteiger partial charge in [0.1, 0.15) is 5.75 Å². The number of aromatic nitrogens is 3. The van der Waals surface area contributed by atoms with E-state index in [-0.39, 0.29) is 11.9 Å². The lowest BCUT2D eigenvalue weighted by molar-refractivity contribution is -0.121. The topological polar surface area (TPSA) is 72.3 Å². The molecule has 7 heteroatoms. The van der Waals surface area contributed by atoms with Gasteiger partial charge >= 0.3 is 0 Å². The minimum absolute atomic E-state index is 0.0385. The number of benzene rings is 1. The molecule has 0 saturated heterocycles. The highest BCUT2D eigenvalue weighted by Gasteiger charge is 2.18. The monoisotopic (exact) mass is 423 g/mol. The second-order valence-corrected chi connectivity index (χ2v) is 8.27. The Morgan fingerprint density at radius 1 is 1.23 bits per heavy atom. The van der Waals surface area contributed by atoms with Gasteiger partial charge in [0.25, 0.3) is 0 Å². The number of carbonyl (C=O) groups excluding carboxylic acids is 1. The standard InChI is InChI=1S/C24H33N5O2/c1-15-20(16(2)26-24-23(15)17(3)27-29(24)6)11-12-22(30)25-14-21(28(4)5)18-9-8-10-19(13-18)31-7/h8-10,13,21H,11-12,14H2,1-7H3,(H,25,30). The Bertz CT molecular complexity index is 1090. The quantitative estimate of drug-likeness (QED) is 0.602. The van der Waals surface area contributed by atoms with Crippen molar-refractivity contribution in [1.29, 1.82) is 0 Å². The number of methoxy groups -OCH3 is 1. The average molecular weight is 424 g/mol. The summed E-state index contributed by atoms with van der Waals surface area (Å²) in [6, 6.07) is 8.04. The van der Waals surface area contributed by atoms with Gasteiger partial charge in [-0.15, -0.1) is 0 Å². The summed E-state index contributed by atoms with van der Waals surface area (Å²) in [5, 5.41) is 8.69. The van der Waals surface area contributed by atoms with E-state index in [1.165, 1.54) is 5.56 Å². The average Bonchev–Trinajstić information content (AvgIpc) is 3.01. The van der Waals surface area contributed by atoms with Gasteiger partial charge in [-0.25, -0.2) is 4.98 Å². The van der Waals surface area contributed by atoms with Crippen molar-refractivity contribution in [2.24, 2.45) is 7.05 Å². The maximum Gasteiger partial charge on any atom is 0.220 e. The fourth-order valence-corrected chi connectivity index (χ4v) is 4.22. The van der Waals surface area contributed by atoms with E-state index < -0.39 is 0 Å². The zero-order chi connectivity index (χ0) is 22.7. The molecule has 1 N–H and O–H groups in total. The minimum Gasteiger partial charge on any atom is -0.497 e. The van der Waals surface area contributed by atoms with Crippen LogP contribution in [0.2, 0.25) is 0 Å². The fourth-order valence-electron chi connectivity index (χ4n) is 4.22. The molecule has 166 valence electrons. The van der Waals surface area contributed by atoms with E-state index in [1.807, 2.05) is 57.9 Å². The minimum atomic E-state index is 0.0385. The second kappa shape index (κ2) is 9.47. The van der Waals surface area contributed by atoms with E-state index in [4.69, 9.17) is 9.72 Å². The van der Waals surface area contributed by atoms with Crippen LogP contribution in [0.1, 0.15) is 40.5 Å². The Hall–Kier alpha value is -2.93. The third kappa shape index (κ3) is 4.88. The Morgan fingerprint density at radius 2 is 1.97 bits per heavy atom. The Kier molecular flexibility index (Phi) is 6.95. The van der Waals surface area contributed by atoms with Crippen LogP contribution >= 0.6 is 0 Å². The van der Waals surface area contributed by atoms with Gasteiger partial charge in [0.15, 0.2) is 5.65 Å². The van der Waals surface area contributed by atoms with Gasteiger partial charge in [0, 0.05) is 31.1 Å². The van der Waals surface area contributed by atoms with Crippen LogP contribution in [0.3, 0.4) is 0 Å². The Morgan fingerprint density at radius 3 is 2.65 bits per heavy atom. The molecule has 0 aliphatic rings. The number of likely N-dealkylation sites (N-methyl/N-ethyl adjacent to an activating group) is 1. The first-order chi connectivity index (χ1) is 14.7. The number of hydrogen-bond donors (Lipinski definition) is 1. The van der Waals surface area contributed by atoms with Crippen molar-refractivity contribution < 1.29 is 9.53 Å². The van der Waals surface area contributed by atoms with Crippen molar-refractivity contribution in [3.63, 3.8) is 0 Å². The van der Waals surface area contributed by atoms with E-state index in [0.29, 0.717) is 19.4 Å². The van der Waals surface area contributed by atoms with Crippen molar-refractivity contribution in [3.05, 3.63) is 52.3 Å². The maximum atomic E-state index is 12.7. The van der Waals surface area contributed by atoms with Crippen molar-refractivity contribution in [3.8, 4) is 5.75 Å². The molecule has 1 atom stereocenters. The molecule has 0 spiro atoms. The van der Waals surface area contributed by atoms with Crippen molar-refractivity contribution in [1.82, 2.24) is 25.0 Å². The molecule has 0 aliphatic heterocycles. The van der Waals surface area contributed by atoms with Crippen molar-refractivity contribution >= 4 is 16.9 Å². The second-order valence-electron chi connectivity index (χ2n) is 8.27. The number of rotatable bonds is 8. The van der Waals surface area contributed by atoms with Crippen LogP contribution in [0.4, 0.5) is 0 Å². The van der Waals surface area contributed by atoms with Crippen molar-refractivity contribution in [2.45, 2.75) is 39.7 Å². The summed E-state index contributed by atoms with van der Waals surface area (Å²) in [5.74, 6) is 0.853. The van der Waals surface area contributed by atoms with Gasteiger partial charge < -0.3 is 15.0 Å². The molecule has 0 bridgehead atoms. The number of amides is 1. The van der Waals surface area contributed by atoms with Crippen LogP contribution in [0.5, 0.6) is 5.75 Å². The van der Waals surface area contributed by atoms with Crippen molar-refractivity contribution in [2.75, 3.05) is 27.7 Å². The third-order valence-electron chi connectivity index (χ3n) is 5.93. The van der Waals surface area contributed by atoms with E-state index in [2.05, 4.69) is 28.3 Å². The van der Waals surface area contributed by atoms with Gasteiger partial charge in [-0.2, -0.15) is 5.10 Å². The van der Waals surface area contributed by atoms with E-state index in [1.54, 1.807) is 7.11 Å². The number of hydrogen-bond acceptors (Lipinski definition) is 5. The predicted molar refractivity (Wildman–Crippen MR) is 123 cm³/mol. The summed E-state index contributed by atoms with van der Waals surface area (Å²) in [4.78, 5) is 19.5. The number of nitrogens with one attached hydrogen (secondary N) is 1. The highest BCUT2D eigenvalue weighted by atomic mass is 16.5. The van der Waals surface area contributed by atoms with Crippen LogP contribution in [0.25, 0.3) is 11.0 Å². The summed E-state index contributed by atoms with van der Waals surface area (Å²) in [6.07, 6.45) is 1.08. The number of fused-ring (bicyclic) bond motifs is 1. The molecule has 3 aromatic rings. The molecule has 1 aromatic carbocycles. The zero-order valence-electron chi connectivity index (χ0n) is 19.6. The molecule has 3 rings (SSSR count). The first kappa shape index (κ1) is 22.7. The Balaban J connectivity index is 1.68. The highest BCUT2D eigenvalue weighted by Crippen LogP contribution is 2.26. The maximum absolute atomic E-state index is 12.7. The number of ether oxygens (including phenoxy) is 1. The number of carbonyl (C=O) groups is 1. The van der Waals surface area contributed by atoms with E-state index >= 15 is 0 Å². The van der Waals surface area contributed by atoms with Crippen LogP contribution in [0.15, 0.2) is 24.3 Å². The molecular weight excluding hydrogens is 390 g/mol. The molecule has 1 amide bonds. The molecule has 7 nitrogen and oxygen atoms in total. The molecule has 1 unspecified atom stereocenters. The summed E-state index contributed by atoms with van der Waals surface area (Å²) < 4.78 is 7.16. The third-order valence-corrected chi connectivity index (χ3v) is 5.93.